The molecule has 1 aliphatic rings. The first kappa shape index (κ1) is 14.4. The van der Waals surface area contributed by atoms with E-state index in [0.29, 0.717) is 6.42 Å². The first-order valence-corrected chi connectivity index (χ1v) is 8.16. The summed E-state index contributed by atoms with van der Waals surface area (Å²) < 4.78 is 7.59. The molecule has 2 unspecified atom stereocenters. The van der Waals surface area contributed by atoms with Gasteiger partial charge in [0.15, 0.2) is 0 Å². The van der Waals surface area contributed by atoms with Gasteiger partial charge in [0.05, 0.1) is 0 Å². The maximum atomic E-state index is 12.8. The third-order valence-electron chi connectivity index (χ3n) is 4.06. The Morgan fingerprint density at radius 2 is 2.29 bits per heavy atom. The molecule has 21 heavy (non-hydrogen) atoms. The molecule has 0 aliphatic carbocycles. The summed E-state index contributed by atoms with van der Waals surface area (Å²) in [6.45, 7) is 3.55. The predicted molar refractivity (Wildman–Crippen MR) is 83.4 cm³/mol. The van der Waals surface area contributed by atoms with E-state index in [1.165, 1.54) is 10.6 Å². The third kappa shape index (κ3) is 2.51. The van der Waals surface area contributed by atoms with Crippen molar-refractivity contribution >= 4 is 17.2 Å². The quantitative estimate of drug-likeness (QED) is 0.870. The highest BCUT2D eigenvalue weighted by Gasteiger charge is 2.35. The number of ether oxygens (including phenoxy) is 1. The zero-order valence-electron chi connectivity index (χ0n) is 12.4. The van der Waals surface area contributed by atoms with Gasteiger partial charge >= 0.3 is 0 Å². The van der Waals surface area contributed by atoms with Crippen LogP contribution in [0.4, 0.5) is 0 Å². The Kier molecular flexibility index (Phi) is 4.12. The molecular weight excluding hydrogens is 284 g/mol. The average molecular weight is 304 g/mol. The SMILES string of the molecule is CCC(OC)C(=O)N1CCn2cccc2C1c1cccs1. The number of nitrogens with zero attached hydrogens (tertiary/aromatic N) is 2. The van der Waals surface area contributed by atoms with Crippen molar-refractivity contribution in [2.45, 2.75) is 32.0 Å². The Hall–Kier alpha value is -1.59. The van der Waals surface area contributed by atoms with E-state index in [0.717, 1.165) is 13.1 Å². The zero-order chi connectivity index (χ0) is 14.8. The highest BCUT2D eigenvalue weighted by molar-refractivity contribution is 7.10. The molecule has 1 aliphatic heterocycles. The number of methoxy groups -OCH3 is 1. The third-order valence-corrected chi connectivity index (χ3v) is 4.99. The molecule has 3 rings (SSSR count). The normalized spacial score (nSPS) is 19.3. The molecule has 0 fully saturated rings. The van der Waals surface area contributed by atoms with Crippen molar-refractivity contribution in [3.63, 3.8) is 0 Å². The summed E-state index contributed by atoms with van der Waals surface area (Å²) >= 11 is 1.70. The Bertz CT molecular complexity index is 602. The molecule has 2 atom stereocenters. The van der Waals surface area contributed by atoms with Crippen LogP contribution in [0.3, 0.4) is 0 Å². The molecule has 5 heteroatoms. The molecule has 112 valence electrons. The summed E-state index contributed by atoms with van der Waals surface area (Å²) in [6.07, 6.45) is 2.43. The molecule has 0 saturated heterocycles. The van der Waals surface area contributed by atoms with Crippen LogP contribution in [0.5, 0.6) is 0 Å². The lowest BCUT2D eigenvalue weighted by Gasteiger charge is -2.38. The minimum absolute atomic E-state index is 0.00505. The summed E-state index contributed by atoms with van der Waals surface area (Å²) in [6, 6.07) is 8.31. The van der Waals surface area contributed by atoms with Crippen LogP contribution in [-0.2, 0) is 16.1 Å². The number of carbonyl (C=O) groups excluding carboxylic acids is 1. The monoisotopic (exact) mass is 304 g/mol. The average Bonchev–Trinajstić information content (AvgIpc) is 3.18. The van der Waals surface area contributed by atoms with Crippen LogP contribution < -0.4 is 0 Å². The minimum Gasteiger partial charge on any atom is -0.372 e. The van der Waals surface area contributed by atoms with E-state index in [4.69, 9.17) is 4.74 Å². The van der Waals surface area contributed by atoms with Gasteiger partial charge in [0.25, 0.3) is 5.91 Å². The fourth-order valence-electron chi connectivity index (χ4n) is 2.99. The van der Waals surface area contributed by atoms with Gasteiger partial charge in [-0.2, -0.15) is 0 Å². The van der Waals surface area contributed by atoms with Gasteiger partial charge in [-0.15, -0.1) is 11.3 Å². The van der Waals surface area contributed by atoms with E-state index < -0.39 is 0 Å². The van der Waals surface area contributed by atoms with Gasteiger partial charge < -0.3 is 14.2 Å². The summed E-state index contributed by atoms with van der Waals surface area (Å²) in [4.78, 5) is 16.0. The van der Waals surface area contributed by atoms with E-state index in [2.05, 4.69) is 34.3 Å². The van der Waals surface area contributed by atoms with Gasteiger partial charge in [-0.1, -0.05) is 13.0 Å². The molecular formula is C16H20N2O2S. The van der Waals surface area contributed by atoms with Gasteiger partial charge in [-0.25, -0.2) is 0 Å². The number of fused-ring (bicyclic) bond motifs is 1. The summed E-state index contributed by atoms with van der Waals surface area (Å²) in [7, 11) is 1.61. The van der Waals surface area contributed by atoms with Gasteiger partial charge in [-0.3, -0.25) is 4.79 Å². The topological polar surface area (TPSA) is 34.5 Å². The van der Waals surface area contributed by atoms with Crippen LogP contribution in [0.25, 0.3) is 0 Å². The number of aromatic nitrogens is 1. The number of carbonyl (C=O) groups is 1. The van der Waals surface area contributed by atoms with Crippen molar-refractivity contribution in [2.24, 2.45) is 0 Å². The molecule has 2 aromatic rings. The van der Waals surface area contributed by atoms with Crippen molar-refractivity contribution < 1.29 is 9.53 Å². The number of hydrogen-bond acceptors (Lipinski definition) is 3. The van der Waals surface area contributed by atoms with E-state index in [1.54, 1.807) is 18.4 Å². The second kappa shape index (κ2) is 6.03. The van der Waals surface area contributed by atoms with Crippen LogP contribution in [0, 0.1) is 0 Å². The standard InChI is InChI=1S/C16H20N2O2S/c1-3-13(20-2)16(19)18-10-9-17-8-4-6-12(17)15(18)14-7-5-11-21-14/h4-8,11,13,15H,3,9-10H2,1-2H3. The Morgan fingerprint density at radius 3 is 2.95 bits per heavy atom. The molecule has 3 heterocycles. The molecule has 2 aromatic heterocycles. The van der Waals surface area contributed by atoms with Crippen LogP contribution >= 0.6 is 11.3 Å². The molecule has 0 saturated carbocycles. The van der Waals surface area contributed by atoms with E-state index >= 15 is 0 Å². The molecule has 4 nitrogen and oxygen atoms in total. The van der Waals surface area contributed by atoms with E-state index in [-0.39, 0.29) is 18.1 Å². The van der Waals surface area contributed by atoms with Gasteiger partial charge in [-0.05, 0) is 30.0 Å². The van der Waals surface area contributed by atoms with Crippen LogP contribution in [0.15, 0.2) is 35.8 Å². The van der Waals surface area contributed by atoms with Crippen LogP contribution in [0.1, 0.15) is 30.0 Å². The van der Waals surface area contributed by atoms with Gasteiger partial charge in [0.2, 0.25) is 0 Å². The zero-order valence-corrected chi connectivity index (χ0v) is 13.2. The molecule has 0 N–H and O–H groups in total. The maximum Gasteiger partial charge on any atom is 0.252 e. The second-order valence-electron chi connectivity index (χ2n) is 5.21. The van der Waals surface area contributed by atoms with Crippen molar-refractivity contribution in [1.29, 1.82) is 0 Å². The molecule has 0 spiro atoms. The Balaban J connectivity index is 1.98. The first-order valence-electron chi connectivity index (χ1n) is 7.28. The molecule has 0 bridgehead atoms. The minimum atomic E-state index is -0.353. The Morgan fingerprint density at radius 1 is 1.43 bits per heavy atom. The first-order chi connectivity index (χ1) is 10.3. The lowest BCUT2D eigenvalue weighted by Crippen LogP contribution is -2.46. The number of hydrogen-bond donors (Lipinski definition) is 0. The summed E-state index contributed by atoms with van der Waals surface area (Å²) in [5.41, 5.74) is 1.18. The summed E-state index contributed by atoms with van der Waals surface area (Å²) in [5.74, 6) is 0.0888. The van der Waals surface area contributed by atoms with Crippen molar-refractivity contribution in [3.8, 4) is 0 Å². The fraction of sp³-hybridized carbons (Fsp3) is 0.438. The fourth-order valence-corrected chi connectivity index (χ4v) is 3.84. The summed E-state index contributed by atoms with van der Waals surface area (Å²) in [5, 5.41) is 2.06. The van der Waals surface area contributed by atoms with E-state index in [1.807, 2.05) is 17.9 Å². The van der Waals surface area contributed by atoms with Crippen molar-refractivity contribution in [1.82, 2.24) is 9.47 Å². The number of thiophene rings is 1. The van der Waals surface area contributed by atoms with Crippen LogP contribution in [-0.4, -0.2) is 35.1 Å². The van der Waals surface area contributed by atoms with Gasteiger partial charge in [0, 0.05) is 37.0 Å². The molecule has 1 amide bonds. The lowest BCUT2D eigenvalue weighted by atomic mass is 10.1. The molecule has 0 aromatic carbocycles. The lowest BCUT2D eigenvalue weighted by molar-refractivity contribution is -0.144. The van der Waals surface area contributed by atoms with Crippen molar-refractivity contribution in [3.05, 3.63) is 46.4 Å². The predicted octanol–water partition coefficient (Wildman–Crippen LogP) is 2.91. The largest absolute Gasteiger partial charge is 0.372 e. The number of rotatable bonds is 4. The second-order valence-corrected chi connectivity index (χ2v) is 6.19. The van der Waals surface area contributed by atoms with Crippen molar-refractivity contribution in [2.75, 3.05) is 13.7 Å². The van der Waals surface area contributed by atoms with Gasteiger partial charge in [0.1, 0.15) is 12.1 Å². The Labute approximate surface area is 128 Å². The highest BCUT2D eigenvalue weighted by Crippen LogP contribution is 2.35. The van der Waals surface area contributed by atoms with E-state index in [9.17, 15) is 4.79 Å². The smallest absolute Gasteiger partial charge is 0.252 e. The highest BCUT2D eigenvalue weighted by atomic mass is 32.1. The maximum absolute atomic E-state index is 12.8. The molecule has 0 radical (unpaired) electrons. The number of amides is 1. The van der Waals surface area contributed by atoms with Crippen LogP contribution in [0.2, 0.25) is 0 Å².